The first-order valence-corrected chi connectivity index (χ1v) is 7.28. The predicted octanol–water partition coefficient (Wildman–Crippen LogP) is 3.43. The normalized spacial score (nSPS) is 19.4. The number of aliphatic carboxylic acids is 1. The number of carbonyl (C=O) groups is 2. The topological polar surface area (TPSA) is 66.4 Å². The standard InChI is InChI=1S/C19H13NO3/c21-17-15-11-10-12-6-4-5-9-14(12)16(15)20-19(17,18(22)23)13-7-2-1-3-8-13/h1-11,20H,(H,22,23)/t19-/m1/s1. The molecule has 4 heteroatoms. The van der Waals surface area contributed by atoms with Gasteiger partial charge in [-0.2, -0.15) is 0 Å². The van der Waals surface area contributed by atoms with Crippen LogP contribution in [0.5, 0.6) is 0 Å². The van der Waals surface area contributed by atoms with Crippen LogP contribution in [-0.2, 0) is 10.3 Å². The number of hydrogen-bond acceptors (Lipinski definition) is 3. The molecule has 0 aromatic heterocycles. The maximum atomic E-state index is 13.0. The third-order valence-electron chi connectivity index (χ3n) is 4.35. The minimum atomic E-state index is -1.77. The van der Waals surface area contributed by atoms with E-state index in [1.54, 1.807) is 36.4 Å². The third kappa shape index (κ3) is 1.72. The second-order valence-electron chi connectivity index (χ2n) is 5.58. The lowest BCUT2D eigenvalue weighted by Gasteiger charge is -2.24. The quantitative estimate of drug-likeness (QED) is 0.712. The summed E-state index contributed by atoms with van der Waals surface area (Å²) in [5.41, 5.74) is -0.347. The monoisotopic (exact) mass is 303 g/mol. The molecule has 0 bridgehead atoms. The second kappa shape index (κ2) is 4.68. The summed E-state index contributed by atoms with van der Waals surface area (Å²) in [4.78, 5) is 25.0. The lowest BCUT2D eigenvalue weighted by molar-refractivity contribution is -0.140. The van der Waals surface area contributed by atoms with Crippen molar-refractivity contribution in [2.24, 2.45) is 0 Å². The van der Waals surface area contributed by atoms with E-state index in [0.717, 1.165) is 10.8 Å². The van der Waals surface area contributed by atoms with E-state index in [0.29, 0.717) is 16.8 Å². The number of rotatable bonds is 2. The maximum Gasteiger partial charge on any atom is 0.342 e. The molecule has 23 heavy (non-hydrogen) atoms. The minimum Gasteiger partial charge on any atom is -0.479 e. The Bertz CT molecular complexity index is 949. The summed E-state index contributed by atoms with van der Waals surface area (Å²) in [6.07, 6.45) is 0. The van der Waals surface area contributed by atoms with Gasteiger partial charge in [-0.05, 0) is 17.0 Å². The summed E-state index contributed by atoms with van der Waals surface area (Å²) >= 11 is 0. The number of carboxylic acids is 1. The summed E-state index contributed by atoms with van der Waals surface area (Å²) in [5.74, 6) is -1.63. The molecule has 1 atom stereocenters. The number of nitrogens with one attached hydrogen (secondary N) is 1. The molecule has 112 valence electrons. The van der Waals surface area contributed by atoms with E-state index in [2.05, 4.69) is 5.32 Å². The van der Waals surface area contributed by atoms with Gasteiger partial charge in [0.1, 0.15) is 0 Å². The number of hydrogen-bond donors (Lipinski definition) is 2. The molecule has 0 saturated heterocycles. The fraction of sp³-hybridized carbons (Fsp3) is 0.0526. The van der Waals surface area contributed by atoms with Gasteiger partial charge < -0.3 is 10.4 Å². The second-order valence-corrected chi connectivity index (χ2v) is 5.58. The molecule has 0 saturated carbocycles. The molecule has 0 aliphatic carbocycles. The van der Waals surface area contributed by atoms with Crippen LogP contribution in [-0.4, -0.2) is 16.9 Å². The number of ketones is 1. The summed E-state index contributed by atoms with van der Waals surface area (Å²) < 4.78 is 0. The van der Waals surface area contributed by atoms with Crippen LogP contribution in [0.25, 0.3) is 10.8 Å². The molecule has 3 aromatic rings. The van der Waals surface area contributed by atoms with Gasteiger partial charge in [0.2, 0.25) is 11.3 Å². The van der Waals surface area contributed by atoms with Gasteiger partial charge in [-0.3, -0.25) is 4.79 Å². The number of benzene rings is 3. The predicted molar refractivity (Wildman–Crippen MR) is 87.7 cm³/mol. The molecule has 3 aromatic carbocycles. The van der Waals surface area contributed by atoms with Gasteiger partial charge in [0.15, 0.2) is 0 Å². The highest BCUT2D eigenvalue weighted by Gasteiger charge is 2.53. The Kier molecular flexibility index (Phi) is 2.75. The van der Waals surface area contributed by atoms with Crippen molar-refractivity contribution >= 4 is 28.2 Å². The van der Waals surface area contributed by atoms with E-state index >= 15 is 0 Å². The molecule has 2 N–H and O–H groups in total. The van der Waals surface area contributed by atoms with E-state index in [9.17, 15) is 14.7 Å². The highest BCUT2D eigenvalue weighted by Crippen LogP contribution is 2.43. The zero-order valence-electron chi connectivity index (χ0n) is 12.1. The van der Waals surface area contributed by atoms with Crippen LogP contribution in [0.2, 0.25) is 0 Å². The lowest BCUT2D eigenvalue weighted by Crippen LogP contribution is -2.46. The van der Waals surface area contributed by atoms with Crippen LogP contribution in [0, 0.1) is 0 Å². The van der Waals surface area contributed by atoms with Gasteiger partial charge >= 0.3 is 5.97 Å². The van der Waals surface area contributed by atoms with Crippen LogP contribution < -0.4 is 5.32 Å². The van der Waals surface area contributed by atoms with E-state index in [1.165, 1.54) is 0 Å². The zero-order valence-corrected chi connectivity index (χ0v) is 12.1. The molecular weight excluding hydrogens is 290 g/mol. The van der Waals surface area contributed by atoms with E-state index in [1.807, 2.05) is 30.3 Å². The molecule has 0 spiro atoms. The largest absolute Gasteiger partial charge is 0.479 e. The summed E-state index contributed by atoms with van der Waals surface area (Å²) in [6, 6.07) is 19.7. The van der Waals surface area contributed by atoms with Gasteiger partial charge in [0.05, 0.1) is 5.69 Å². The molecule has 1 heterocycles. The van der Waals surface area contributed by atoms with E-state index < -0.39 is 17.3 Å². The van der Waals surface area contributed by atoms with Crippen molar-refractivity contribution < 1.29 is 14.7 Å². The van der Waals surface area contributed by atoms with Gasteiger partial charge in [0, 0.05) is 10.9 Å². The average Bonchev–Trinajstić information content (AvgIpc) is 2.90. The van der Waals surface area contributed by atoms with Gasteiger partial charge in [-0.15, -0.1) is 0 Å². The number of carboxylic acid groups (broad SMARTS) is 1. The van der Waals surface area contributed by atoms with Crippen molar-refractivity contribution in [1.82, 2.24) is 0 Å². The maximum absolute atomic E-state index is 13.0. The van der Waals surface area contributed by atoms with Crippen LogP contribution in [0.1, 0.15) is 15.9 Å². The Labute approximate surface area is 132 Å². The van der Waals surface area contributed by atoms with Crippen molar-refractivity contribution in [3.63, 3.8) is 0 Å². The number of anilines is 1. The van der Waals surface area contributed by atoms with Crippen LogP contribution in [0.4, 0.5) is 5.69 Å². The zero-order chi connectivity index (χ0) is 16.0. The van der Waals surface area contributed by atoms with Crippen LogP contribution in [0.3, 0.4) is 0 Å². The van der Waals surface area contributed by atoms with Gasteiger partial charge in [-0.25, -0.2) is 4.79 Å². The molecular formula is C19H13NO3. The van der Waals surface area contributed by atoms with Crippen molar-refractivity contribution in [1.29, 1.82) is 0 Å². The number of Topliss-reactive ketones (excluding diaryl/α,β-unsaturated/α-hetero) is 1. The molecule has 1 aliphatic rings. The first-order chi connectivity index (χ1) is 11.1. The Morgan fingerprint density at radius 3 is 2.35 bits per heavy atom. The van der Waals surface area contributed by atoms with Crippen LogP contribution in [0.15, 0.2) is 66.7 Å². The van der Waals surface area contributed by atoms with Gasteiger partial charge in [-0.1, -0.05) is 60.7 Å². The smallest absolute Gasteiger partial charge is 0.342 e. The molecule has 0 radical (unpaired) electrons. The van der Waals surface area contributed by atoms with Crippen molar-refractivity contribution in [2.45, 2.75) is 5.54 Å². The average molecular weight is 303 g/mol. The van der Waals surface area contributed by atoms with E-state index in [-0.39, 0.29) is 0 Å². The molecule has 0 unspecified atom stereocenters. The summed E-state index contributed by atoms with van der Waals surface area (Å²) in [7, 11) is 0. The van der Waals surface area contributed by atoms with E-state index in [4.69, 9.17) is 0 Å². The van der Waals surface area contributed by atoms with Gasteiger partial charge in [0.25, 0.3) is 0 Å². The molecule has 0 amide bonds. The van der Waals surface area contributed by atoms with Crippen molar-refractivity contribution in [3.8, 4) is 0 Å². The highest BCUT2D eigenvalue weighted by atomic mass is 16.4. The molecule has 0 fully saturated rings. The SMILES string of the molecule is O=C(O)[C@]1(c2ccccc2)Nc2c(ccc3ccccc23)C1=O. The first kappa shape index (κ1) is 13.5. The number of fused-ring (bicyclic) bond motifs is 3. The molecule has 4 rings (SSSR count). The highest BCUT2D eigenvalue weighted by molar-refractivity contribution is 6.27. The summed E-state index contributed by atoms with van der Waals surface area (Å²) in [6.45, 7) is 0. The minimum absolute atomic E-state index is 0.412. The van der Waals surface area contributed by atoms with Crippen LogP contribution >= 0.6 is 0 Å². The number of carbonyl (C=O) groups excluding carboxylic acids is 1. The fourth-order valence-electron chi connectivity index (χ4n) is 3.21. The third-order valence-corrected chi connectivity index (χ3v) is 4.35. The fourth-order valence-corrected chi connectivity index (χ4v) is 3.21. The Morgan fingerprint density at radius 1 is 0.913 bits per heavy atom. The molecule has 4 nitrogen and oxygen atoms in total. The summed E-state index contributed by atoms with van der Waals surface area (Å²) in [5, 5.41) is 14.7. The first-order valence-electron chi connectivity index (χ1n) is 7.28. The van der Waals surface area contributed by atoms with Crippen molar-refractivity contribution in [3.05, 3.63) is 77.9 Å². The lowest BCUT2D eigenvalue weighted by atomic mass is 9.86. The molecule has 1 aliphatic heterocycles. The Morgan fingerprint density at radius 2 is 1.61 bits per heavy atom. The Balaban J connectivity index is 2.00. The Hall–Kier alpha value is -3.14. The van der Waals surface area contributed by atoms with Crippen molar-refractivity contribution in [2.75, 3.05) is 5.32 Å².